The number of aromatic nitrogens is 4. The largest absolute Gasteiger partial charge is 0.482 e. The molecular formula is C17H18N4O3. The molecule has 0 amide bonds. The van der Waals surface area contributed by atoms with Gasteiger partial charge in [0.15, 0.2) is 19.0 Å². The Bertz CT molecular complexity index is 831. The summed E-state index contributed by atoms with van der Waals surface area (Å²) in [5.74, 6) is 0.687. The molecule has 0 fully saturated rings. The summed E-state index contributed by atoms with van der Waals surface area (Å²) in [4.78, 5) is 11.8. The first-order valence-electron chi connectivity index (χ1n) is 7.78. The van der Waals surface area contributed by atoms with E-state index in [1.165, 1.54) is 0 Å². The minimum absolute atomic E-state index is 0.0346. The Labute approximate surface area is 139 Å². The van der Waals surface area contributed by atoms with Crippen molar-refractivity contribution in [3.05, 3.63) is 48.3 Å². The fourth-order valence-corrected chi connectivity index (χ4v) is 2.30. The third kappa shape index (κ3) is 3.87. The van der Waals surface area contributed by atoms with Gasteiger partial charge in [0.25, 0.3) is 0 Å². The molecule has 124 valence electrons. The topological polar surface area (TPSA) is 79.1 Å². The van der Waals surface area contributed by atoms with E-state index >= 15 is 0 Å². The van der Waals surface area contributed by atoms with E-state index in [-0.39, 0.29) is 13.2 Å². The van der Waals surface area contributed by atoms with Gasteiger partial charge in [0, 0.05) is 6.54 Å². The maximum atomic E-state index is 11.8. The molecule has 7 heteroatoms. The van der Waals surface area contributed by atoms with Crippen LogP contribution in [0.25, 0.3) is 10.8 Å². The fourth-order valence-electron chi connectivity index (χ4n) is 2.30. The van der Waals surface area contributed by atoms with Crippen LogP contribution in [-0.2, 0) is 22.7 Å². The van der Waals surface area contributed by atoms with Crippen molar-refractivity contribution < 1.29 is 14.3 Å². The van der Waals surface area contributed by atoms with Gasteiger partial charge in [0.05, 0.1) is 0 Å². The van der Waals surface area contributed by atoms with Crippen LogP contribution in [0.1, 0.15) is 19.2 Å². The predicted molar refractivity (Wildman–Crippen MR) is 87.3 cm³/mol. The highest BCUT2D eigenvalue weighted by Gasteiger charge is 2.10. The summed E-state index contributed by atoms with van der Waals surface area (Å²) in [6, 6.07) is 13.6. The number of benzene rings is 2. The van der Waals surface area contributed by atoms with Gasteiger partial charge in [-0.3, -0.25) is 0 Å². The lowest BCUT2D eigenvalue weighted by atomic mass is 10.1. The van der Waals surface area contributed by atoms with Gasteiger partial charge in [-0.25, -0.2) is 9.48 Å². The van der Waals surface area contributed by atoms with E-state index in [0.717, 1.165) is 17.2 Å². The number of tetrazole rings is 1. The lowest BCUT2D eigenvalue weighted by molar-refractivity contribution is -0.147. The van der Waals surface area contributed by atoms with Crippen LogP contribution in [0.15, 0.2) is 42.5 Å². The molecule has 3 aromatic rings. The number of esters is 1. The zero-order valence-electron chi connectivity index (χ0n) is 13.4. The highest BCUT2D eigenvalue weighted by molar-refractivity contribution is 5.83. The predicted octanol–water partition coefficient (Wildman–Crippen LogP) is 2.36. The van der Waals surface area contributed by atoms with E-state index in [4.69, 9.17) is 9.47 Å². The zero-order chi connectivity index (χ0) is 16.8. The van der Waals surface area contributed by atoms with Gasteiger partial charge in [0.1, 0.15) is 5.75 Å². The van der Waals surface area contributed by atoms with Crippen molar-refractivity contribution in [1.82, 2.24) is 20.2 Å². The van der Waals surface area contributed by atoms with Crippen molar-refractivity contribution in [2.45, 2.75) is 26.5 Å². The number of hydrogen-bond donors (Lipinski definition) is 0. The molecule has 0 aliphatic heterocycles. The minimum atomic E-state index is -0.464. The molecule has 1 heterocycles. The Hall–Kier alpha value is -2.96. The van der Waals surface area contributed by atoms with Gasteiger partial charge in [-0.1, -0.05) is 37.3 Å². The summed E-state index contributed by atoms with van der Waals surface area (Å²) in [5, 5.41) is 13.4. The van der Waals surface area contributed by atoms with Crippen molar-refractivity contribution in [2.75, 3.05) is 6.61 Å². The maximum Gasteiger partial charge on any atom is 0.344 e. The lowest BCUT2D eigenvalue weighted by Crippen LogP contribution is -2.16. The zero-order valence-corrected chi connectivity index (χ0v) is 13.4. The average molecular weight is 326 g/mol. The van der Waals surface area contributed by atoms with E-state index in [1.54, 1.807) is 4.68 Å². The molecule has 0 spiro atoms. The smallest absolute Gasteiger partial charge is 0.344 e. The first kappa shape index (κ1) is 15.9. The molecule has 24 heavy (non-hydrogen) atoms. The fraction of sp³-hybridized carbons (Fsp3) is 0.294. The number of carbonyl (C=O) groups is 1. The van der Waals surface area contributed by atoms with Gasteiger partial charge < -0.3 is 9.47 Å². The van der Waals surface area contributed by atoms with Gasteiger partial charge in [-0.2, -0.15) is 0 Å². The summed E-state index contributed by atoms with van der Waals surface area (Å²) < 4.78 is 12.3. The van der Waals surface area contributed by atoms with Gasteiger partial charge >= 0.3 is 5.97 Å². The molecule has 0 bridgehead atoms. The Kier molecular flexibility index (Phi) is 5.00. The molecule has 0 unspecified atom stereocenters. The van der Waals surface area contributed by atoms with Crippen LogP contribution in [0.3, 0.4) is 0 Å². The van der Waals surface area contributed by atoms with E-state index in [9.17, 15) is 4.79 Å². The monoisotopic (exact) mass is 326 g/mol. The second-order valence-corrected chi connectivity index (χ2v) is 5.28. The van der Waals surface area contributed by atoms with Crippen LogP contribution >= 0.6 is 0 Å². The molecule has 0 radical (unpaired) electrons. The summed E-state index contributed by atoms with van der Waals surface area (Å²) in [6.07, 6.45) is 0.900. The Morgan fingerprint density at radius 1 is 1.17 bits per heavy atom. The van der Waals surface area contributed by atoms with Crippen molar-refractivity contribution in [2.24, 2.45) is 0 Å². The normalized spacial score (nSPS) is 10.7. The van der Waals surface area contributed by atoms with E-state index in [1.807, 2.05) is 49.4 Å². The highest BCUT2D eigenvalue weighted by Crippen LogP contribution is 2.20. The Balaban J connectivity index is 1.52. The highest BCUT2D eigenvalue weighted by atomic mass is 16.6. The summed E-state index contributed by atoms with van der Waals surface area (Å²) >= 11 is 0. The SMILES string of the molecule is CCCn1nnnc1COC(=O)COc1ccc2ccccc2c1. The Morgan fingerprint density at radius 2 is 2.00 bits per heavy atom. The first-order valence-corrected chi connectivity index (χ1v) is 7.78. The molecule has 0 atom stereocenters. The number of fused-ring (bicyclic) bond motifs is 1. The summed E-state index contributed by atoms with van der Waals surface area (Å²) in [7, 11) is 0. The van der Waals surface area contributed by atoms with Gasteiger partial charge in [-0.05, 0) is 39.8 Å². The Morgan fingerprint density at radius 3 is 2.83 bits per heavy atom. The molecule has 0 N–H and O–H groups in total. The minimum Gasteiger partial charge on any atom is -0.482 e. The third-order valence-electron chi connectivity index (χ3n) is 3.48. The van der Waals surface area contributed by atoms with Crippen LogP contribution in [0.4, 0.5) is 0 Å². The van der Waals surface area contributed by atoms with Crippen LogP contribution in [0.2, 0.25) is 0 Å². The van der Waals surface area contributed by atoms with Gasteiger partial charge in [-0.15, -0.1) is 5.10 Å². The van der Waals surface area contributed by atoms with E-state index in [2.05, 4.69) is 15.5 Å². The second-order valence-electron chi connectivity index (χ2n) is 5.28. The molecule has 0 aliphatic rings. The molecule has 0 saturated carbocycles. The van der Waals surface area contributed by atoms with Crippen molar-refractivity contribution in [3.8, 4) is 5.75 Å². The van der Waals surface area contributed by atoms with Crippen LogP contribution < -0.4 is 4.74 Å². The first-order chi connectivity index (χ1) is 11.8. The lowest BCUT2D eigenvalue weighted by Gasteiger charge is -2.08. The number of aryl methyl sites for hydroxylation is 1. The second kappa shape index (κ2) is 7.54. The van der Waals surface area contributed by atoms with Crippen LogP contribution in [0.5, 0.6) is 5.75 Å². The number of nitrogens with zero attached hydrogens (tertiary/aromatic N) is 4. The van der Waals surface area contributed by atoms with Crippen LogP contribution in [-0.4, -0.2) is 32.8 Å². The molecule has 7 nitrogen and oxygen atoms in total. The molecule has 2 aromatic carbocycles. The standard InChI is InChI=1S/C17H18N4O3/c1-2-9-21-16(18-19-20-21)11-24-17(22)12-23-15-8-7-13-5-3-4-6-14(13)10-15/h3-8,10H,2,9,11-12H2,1H3. The molecule has 0 saturated heterocycles. The summed E-state index contributed by atoms with van der Waals surface area (Å²) in [6.45, 7) is 2.59. The van der Waals surface area contributed by atoms with Crippen molar-refractivity contribution >= 4 is 16.7 Å². The number of carbonyl (C=O) groups excluding carboxylic acids is 1. The van der Waals surface area contributed by atoms with Gasteiger partial charge in [0.2, 0.25) is 0 Å². The number of hydrogen-bond acceptors (Lipinski definition) is 6. The van der Waals surface area contributed by atoms with E-state index < -0.39 is 5.97 Å². The molecule has 1 aromatic heterocycles. The quantitative estimate of drug-likeness (QED) is 0.620. The van der Waals surface area contributed by atoms with Crippen molar-refractivity contribution in [1.29, 1.82) is 0 Å². The number of rotatable bonds is 7. The molecular weight excluding hydrogens is 308 g/mol. The molecule has 0 aliphatic carbocycles. The van der Waals surface area contributed by atoms with Crippen LogP contribution in [0, 0.1) is 0 Å². The average Bonchev–Trinajstić information content (AvgIpc) is 3.05. The maximum absolute atomic E-state index is 11.8. The van der Waals surface area contributed by atoms with E-state index in [0.29, 0.717) is 18.1 Å². The molecule has 3 rings (SSSR count). The number of ether oxygens (including phenoxy) is 2. The summed E-state index contributed by atoms with van der Waals surface area (Å²) in [5.41, 5.74) is 0. The third-order valence-corrected chi connectivity index (χ3v) is 3.48. The van der Waals surface area contributed by atoms with Crippen molar-refractivity contribution in [3.63, 3.8) is 0 Å².